The van der Waals surface area contributed by atoms with E-state index in [0.29, 0.717) is 0 Å². The second-order valence-corrected chi connectivity index (χ2v) is 8.68. The molecule has 158 valence electrons. The van der Waals surface area contributed by atoms with Crippen LogP contribution in [-0.4, -0.2) is 35.6 Å². The maximum atomic E-state index is 14.0. The Morgan fingerprint density at radius 3 is 1.97 bits per heavy atom. The summed E-state index contributed by atoms with van der Waals surface area (Å²) in [7, 11) is 0. The van der Waals surface area contributed by atoms with Crippen molar-refractivity contribution >= 4 is 17.5 Å². The molecule has 29 heavy (non-hydrogen) atoms. The smallest absolute Gasteiger partial charge is 0.183 e. The van der Waals surface area contributed by atoms with Crippen LogP contribution in [0.3, 0.4) is 0 Å². The highest BCUT2D eigenvalue weighted by Gasteiger charge is 2.42. The van der Waals surface area contributed by atoms with Crippen LogP contribution >= 0.6 is 11.8 Å². The van der Waals surface area contributed by atoms with E-state index in [1.54, 1.807) is 11.8 Å². The minimum atomic E-state index is -0.493. The van der Waals surface area contributed by atoms with Gasteiger partial charge in [0.25, 0.3) is 0 Å². The molecular weight excluding hydrogens is 374 g/mol. The number of nitrogens with zero attached hydrogens (tertiary/aromatic N) is 1. The van der Waals surface area contributed by atoms with Crippen molar-refractivity contribution in [1.29, 1.82) is 0 Å². The molecule has 0 heterocycles. The van der Waals surface area contributed by atoms with E-state index in [9.17, 15) is 4.79 Å². The Labute approximate surface area is 182 Å². The molecule has 0 aliphatic heterocycles. The summed E-state index contributed by atoms with van der Waals surface area (Å²) in [6.45, 7) is 8.59. The van der Waals surface area contributed by atoms with Gasteiger partial charge in [-0.2, -0.15) is 0 Å². The Balaban J connectivity index is 2.48. The zero-order valence-electron chi connectivity index (χ0n) is 18.6. The van der Waals surface area contributed by atoms with E-state index in [1.165, 1.54) is 10.5 Å². The average molecular weight is 412 g/mol. The number of unbranched alkanes of at least 4 members (excludes halogenated alkanes) is 2. The fraction of sp³-hybridized carbons (Fsp3) is 0.500. The lowest BCUT2D eigenvalue weighted by atomic mass is 9.79. The van der Waals surface area contributed by atoms with Crippen LogP contribution in [0.1, 0.15) is 68.8 Å². The Hall–Kier alpha value is -1.58. The van der Waals surface area contributed by atoms with Gasteiger partial charge in [-0.15, -0.1) is 11.8 Å². The highest BCUT2D eigenvalue weighted by molar-refractivity contribution is 7.98. The number of Topliss-reactive ketones (excluding diaryl/α,β-unsaturated/α-hetero) is 1. The molecule has 0 saturated heterocycles. The van der Waals surface area contributed by atoms with Crippen LogP contribution in [0, 0.1) is 0 Å². The van der Waals surface area contributed by atoms with E-state index in [2.05, 4.69) is 68.3 Å². The summed E-state index contributed by atoms with van der Waals surface area (Å²) in [6.07, 6.45) is 8.19. The third-order valence-electron chi connectivity index (χ3n) is 5.87. The van der Waals surface area contributed by atoms with Crippen LogP contribution < -0.4 is 0 Å². The molecule has 0 aromatic heterocycles. The number of thioether (sulfide) groups is 1. The predicted octanol–water partition coefficient (Wildman–Crippen LogP) is 6.88. The number of hydrogen-bond donors (Lipinski definition) is 0. The minimum absolute atomic E-state index is 0.267. The topological polar surface area (TPSA) is 20.3 Å². The van der Waals surface area contributed by atoms with Crippen LogP contribution in [-0.2, 0) is 6.42 Å². The molecule has 3 heteroatoms. The van der Waals surface area contributed by atoms with Crippen molar-refractivity contribution in [2.75, 3.05) is 19.3 Å². The third kappa shape index (κ3) is 6.20. The van der Waals surface area contributed by atoms with Crippen LogP contribution in [0.2, 0.25) is 0 Å². The maximum Gasteiger partial charge on any atom is 0.183 e. The summed E-state index contributed by atoms with van der Waals surface area (Å²) in [4.78, 5) is 17.7. The molecule has 2 aromatic rings. The largest absolute Gasteiger partial charge is 0.292 e. The molecule has 0 fully saturated rings. The van der Waals surface area contributed by atoms with Gasteiger partial charge in [-0.1, -0.05) is 76.1 Å². The van der Waals surface area contributed by atoms with Crippen LogP contribution in [0.4, 0.5) is 0 Å². The van der Waals surface area contributed by atoms with Gasteiger partial charge >= 0.3 is 0 Å². The maximum absolute atomic E-state index is 14.0. The highest BCUT2D eigenvalue weighted by Crippen LogP contribution is 2.31. The standard InChI is InChI=1S/C26H37NOS/c1-5-8-19-27(20-9-6-2)26(7-3,21-22-13-11-10-12-14-22)25(28)23-15-17-24(29-4)18-16-23/h10-18H,5-9,19-21H2,1-4H3. The zero-order chi connectivity index (χ0) is 21.1. The molecule has 0 amide bonds. The Kier molecular flexibility index (Phi) is 9.96. The molecule has 2 aromatic carbocycles. The highest BCUT2D eigenvalue weighted by atomic mass is 32.2. The summed E-state index contributed by atoms with van der Waals surface area (Å²) < 4.78 is 0. The average Bonchev–Trinajstić information content (AvgIpc) is 2.78. The monoisotopic (exact) mass is 411 g/mol. The van der Waals surface area contributed by atoms with Crippen molar-refractivity contribution in [3.8, 4) is 0 Å². The second kappa shape index (κ2) is 12.2. The first-order valence-corrected chi connectivity index (χ1v) is 12.3. The molecule has 0 radical (unpaired) electrons. The van der Waals surface area contributed by atoms with Gasteiger partial charge in [0.2, 0.25) is 0 Å². The zero-order valence-corrected chi connectivity index (χ0v) is 19.4. The lowest BCUT2D eigenvalue weighted by Gasteiger charge is -2.43. The number of carbonyl (C=O) groups is 1. The van der Waals surface area contributed by atoms with Gasteiger partial charge in [0, 0.05) is 10.5 Å². The Bertz CT molecular complexity index is 720. The summed E-state index contributed by atoms with van der Waals surface area (Å²) in [5.74, 6) is 0.267. The van der Waals surface area contributed by atoms with Crippen molar-refractivity contribution in [1.82, 2.24) is 4.90 Å². The van der Waals surface area contributed by atoms with Gasteiger partial charge in [0.05, 0.1) is 5.54 Å². The molecule has 1 atom stereocenters. The molecule has 2 rings (SSSR count). The number of carbonyl (C=O) groups excluding carboxylic acids is 1. The minimum Gasteiger partial charge on any atom is -0.292 e. The Morgan fingerprint density at radius 2 is 1.48 bits per heavy atom. The molecule has 0 spiro atoms. The van der Waals surface area contributed by atoms with Crippen molar-refractivity contribution in [2.45, 2.75) is 69.7 Å². The first-order chi connectivity index (χ1) is 14.1. The molecule has 0 aliphatic carbocycles. The van der Waals surface area contributed by atoms with Crippen LogP contribution in [0.25, 0.3) is 0 Å². The third-order valence-corrected chi connectivity index (χ3v) is 6.61. The lowest BCUT2D eigenvalue weighted by molar-refractivity contribution is 0.0499. The van der Waals surface area contributed by atoms with Crippen molar-refractivity contribution in [3.05, 3.63) is 65.7 Å². The summed E-state index contributed by atoms with van der Waals surface area (Å²) in [5, 5.41) is 0. The first-order valence-electron chi connectivity index (χ1n) is 11.1. The second-order valence-electron chi connectivity index (χ2n) is 7.80. The summed E-state index contributed by atoms with van der Waals surface area (Å²) in [5.41, 5.74) is 1.58. The van der Waals surface area contributed by atoms with Gasteiger partial charge in [-0.3, -0.25) is 9.69 Å². The normalized spacial score (nSPS) is 13.4. The van der Waals surface area contributed by atoms with E-state index in [4.69, 9.17) is 0 Å². The van der Waals surface area contributed by atoms with Crippen molar-refractivity contribution in [2.24, 2.45) is 0 Å². The summed E-state index contributed by atoms with van der Waals surface area (Å²) in [6, 6.07) is 18.7. The molecule has 0 bridgehead atoms. The van der Waals surface area contributed by atoms with Gasteiger partial charge in [0.15, 0.2) is 5.78 Å². The number of benzene rings is 2. The van der Waals surface area contributed by atoms with Gasteiger partial charge in [0.1, 0.15) is 0 Å². The number of hydrogen-bond acceptors (Lipinski definition) is 3. The van der Waals surface area contributed by atoms with E-state index in [1.807, 2.05) is 18.2 Å². The molecule has 0 N–H and O–H groups in total. The SMILES string of the molecule is CCCCN(CCCC)C(CC)(Cc1ccccc1)C(=O)c1ccc(SC)cc1. The van der Waals surface area contributed by atoms with Crippen molar-refractivity contribution < 1.29 is 4.79 Å². The number of ketones is 1. The van der Waals surface area contributed by atoms with Crippen LogP contribution in [0.5, 0.6) is 0 Å². The lowest BCUT2D eigenvalue weighted by Crippen LogP contribution is -2.56. The summed E-state index contributed by atoms with van der Waals surface area (Å²) >= 11 is 1.71. The molecule has 1 unspecified atom stereocenters. The first kappa shape index (κ1) is 23.7. The molecule has 0 saturated carbocycles. The van der Waals surface area contributed by atoms with E-state index >= 15 is 0 Å². The molecule has 0 aliphatic rings. The van der Waals surface area contributed by atoms with Crippen molar-refractivity contribution in [3.63, 3.8) is 0 Å². The fourth-order valence-corrected chi connectivity index (χ4v) is 4.44. The van der Waals surface area contributed by atoms with Gasteiger partial charge in [-0.05, 0) is 62.7 Å². The molecule has 2 nitrogen and oxygen atoms in total. The fourth-order valence-electron chi connectivity index (χ4n) is 4.03. The number of rotatable bonds is 13. The Morgan fingerprint density at radius 1 is 0.897 bits per heavy atom. The van der Waals surface area contributed by atoms with E-state index < -0.39 is 5.54 Å². The predicted molar refractivity (Wildman–Crippen MR) is 127 cm³/mol. The van der Waals surface area contributed by atoms with Gasteiger partial charge < -0.3 is 0 Å². The van der Waals surface area contributed by atoms with Gasteiger partial charge in [-0.25, -0.2) is 0 Å². The van der Waals surface area contributed by atoms with E-state index in [0.717, 1.165) is 57.2 Å². The quantitative estimate of drug-likeness (QED) is 0.264. The molecular formula is C26H37NOS. The van der Waals surface area contributed by atoms with Crippen LogP contribution in [0.15, 0.2) is 59.5 Å². The van der Waals surface area contributed by atoms with E-state index in [-0.39, 0.29) is 5.78 Å².